The smallest absolute Gasteiger partial charge is 0.176 e. The van der Waals surface area contributed by atoms with Crippen LogP contribution in [0.5, 0.6) is 0 Å². The molecule has 1 unspecified atom stereocenters. The zero-order chi connectivity index (χ0) is 16.4. The molecule has 23 heavy (non-hydrogen) atoms. The first-order valence-corrected chi connectivity index (χ1v) is 7.89. The van der Waals surface area contributed by atoms with Crippen molar-refractivity contribution in [1.29, 1.82) is 0 Å². The van der Waals surface area contributed by atoms with Crippen LogP contribution in [0.2, 0.25) is 5.15 Å². The lowest BCUT2D eigenvalue weighted by molar-refractivity contribution is 0.522. The number of aromatic nitrogens is 2. The fourth-order valence-corrected chi connectivity index (χ4v) is 2.70. The molecular formula is C17H19ClN4O. The molecule has 0 aliphatic heterocycles. The summed E-state index contributed by atoms with van der Waals surface area (Å²) in [6, 6.07) is 5.73. The fraction of sp³-hybridized carbons (Fsp3) is 0.294. The largest absolute Gasteiger partial charge is 0.457 e. The summed E-state index contributed by atoms with van der Waals surface area (Å²) in [5, 5.41) is 3.80. The Labute approximate surface area is 139 Å². The number of hydrogen-bond acceptors (Lipinski definition) is 5. The summed E-state index contributed by atoms with van der Waals surface area (Å²) in [7, 11) is 0. The lowest BCUT2D eigenvalue weighted by Gasteiger charge is -2.07. The van der Waals surface area contributed by atoms with Gasteiger partial charge in [-0.05, 0) is 31.5 Å². The third kappa shape index (κ3) is 3.46. The van der Waals surface area contributed by atoms with Crippen LogP contribution in [-0.4, -0.2) is 16.0 Å². The normalized spacial score (nSPS) is 12.5. The average Bonchev–Trinajstić information content (AvgIpc) is 2.82. The van der Waals surface area contributed by atoms with E-state index in [-0.39, 0.29) is 6.04 Å². The quantitative estimate of drug-likeness (QED) is 0.698. The lowest BCUT2D eigenvalue weighted by Crippen LogP contribution is -2.17. The van der Waals surface area contributed by atoms with E-state index in [1.165, 1.54) is 0 Å². The predicted molar refractivity (Wildman–Crippen MR) is 92.7 cm³/mol. The molecule has 0 amide bonds. The Hall–Kier alpha value is -2.11. The van der Waals surface area contributed by atoms with E-state index in [2.05, 4.69) is 15.3 Å². The van der Waals surface area contributed by atoms with Crippen molar-refractivity contribution in [1.82, 2.24) is 9.97 Å². The highest BCUT2D eigenvalue weighted by atomic mass is 35.5. The maximum atomic E-state index is 6.17. The van der Waals surface area contributed by atoms with Crippen LogP contribution in [0.25, 0.3) is 11.1 Å². The number of pyridine rings is 2. The van der Waals surface area contributed by atoms with Crippen LogP contribution in [-0.2, 0) is 13.0 Å². The molecule has 3 N–H and O–H groups in total. The molecular weight excluding hydrogens is 312 g/mol. The van der Waals surface area contributed by atoms with E-state index in [4.69, 9.17) is 21.8 Å². The van der Waals surface area contributed by atoms with E-state index >= 15 is 0 Å². The molecule has 0 saturated heterocycles. The van der Waals surface area contributed by atoms with Gasteiger partial charge in [-0.2, -0.15) is 0 Å². The number of nitrogens with one attached hydrogen (secondary N) is 1. The summed E-state index contributed by atoms with van der Waals surface area (Å²) in [5.41, 5.74) is 10.3. The van der Waals surface area contributed by atoms with Crippen LogP contribution in [0.3, 0.4) is 0 Å². The number of nitrogens with two attached hydrogens (primary N) is 1. The van der Waals surface area contributed by atoms with Crippen molar-refractivity contribution < 1.29 is 4.42 Å². The van der Waals surface area contributed by atoms with Crippen molar-refractivity contribution in [3.05, 3.63) is 52.6 Å². The van der Waals surface area contributed by atoms with Gasteiger partial charge in [0.15, 0.2) is 5.58 Å². The van der Waals surface area contributed by atoms with Crippen molar-refractivity contribution in [2.24, 2.45) is 5.73 Å². The number of halogens is 1. The maximum Gasteiger partial charge on any atom is 0.176 e. The van der Waals surface area contributed by atoms with Gasteiger partial charge in [0.05, 0.1) is 5.69 Å². The van der Waals surface area contributed by atoms with Crippen LogP contribution in [0.4, 0.5) is 5.69 Å². The van der Waals surface area contributed by atoms with Crippen LogP contribution >= 0.6 is 11.6 Å². The van der Waals surface area contributed by atoms with E-state index < -0.39 is 0 Å². The molecule has 3 aromatic rings. The van der Waals surface area contributed by atoms with Gasteiger partial charge in [-0.3, -0.25) is 4.98 Å². The molecule has 3 heterocycles. The molecule has 0 aliphatic carbocycles. The zero-order valence-corrected chi connectivity index (χ0v) is 13.9. The fourth-order valence-electron chi connectivity index (χ4n) is 2.51. The highest BCUT2D eigenvalue weighted by Gasteiger charge is 2.17. The van der Waals surface area contributed by atoms with Gasteiger partial charge < -0.3 is 15.5 Å². The molecule has 120 valence electrons. The second kappa shape index (κ2) is 6.56. The SMILES string of the molecule is Cc1c(CC(C)N)oc2c(NCc3ccncc3)cc(Cl)nc12. The first-order chi connectivity index (χ1) is 11.0. The Kier molecular flexibility index (Phi) is 4.50. The minimum absolute atomic E-state index is 0.0259. The molecule has 0 spiro atoms. The first kappa shape index (κ1) is 15.8. The van der Waals surface area contributed by atoms with Gasteiger partial charge in [-0.1, -0.05) is 11.6 Å². The molecule has 0 aromatic carbocycles. The molecule has 5 nitrogen and oxygen atoms in total. The lowest BCUT2D eigenvalue weighted by atomic mass is 10.1. The minimum atomic E-state index is 0.0259. The number of aryl methyl sites for hydroxylation is 1. The molecule has 0 aliphatic rings. The van der Waals surface area contributed by atoms with Gasteiger partial charge in [0.25, 0.3) is 0 Å². The standard InChI is InChI=1S/C17H19ClN4O/c1-10(19)7-14-11(2)16-17(23-14)13(8-15(18)22-16)21-9-12-3-5-20-6-4-12/h3-6,8,10H,7,9,19H2,1-2H3,(H,21,22). The van der Waals surface area contributed by atoms with Crippen LogP contribution in [0, 0.1) is 6.92 Å². The second-order valence-electron chi connectivity index (χ2n) is 5.71. The van der Waals surface area contributed by atoms with E-state index in [0.717, 1.165) is 33.7 Å². The van der Waals surface area contributed by atoms with E-state index in [9.17, 15) is 0 Å². The molecule has 0 fully saturated rings. The minimum Gasteiger partial charge on any atom is -0.457 e. The summed E-state index contributed by atoms with van der Waals surface area (Å²) in [6.07, 6.45) is 4.21. The van der Waals surface area contributed by atoms with E-state index in [1.807, 2.05) is 26.0 Å². The Bertz CT molecular complexity index is 814. The zero-order valence-electron chi connectivity index (χ0n) is 13.1. The maximum absolute atomic E-state index is 6.17. The number of nitrogens with zero attached hydrogens (tertiary/aromatic N) is 2. The molecule has 3 aromatic heterocycles. The molecule has 0 saturated carbocycles. The summed E-state index contributed by atoms with van der Waals surface area (Å²) >= 11 is 6.17. The predicted octanol–water partition coefficient (Wildman–Crippen LogP) is 3.69. The van der Waals surface area contributed by atoms with Crippen molar-refractivity contribution in [2.45, 2.75) is 32.9 Å². The molecule has 0 bridgehead atoms. The first-order valence-electron chi connectivity index (χ1n) is 7.51. The number of rotatable bonds is 5. The summed E-state index contributed by atoms with van der Waals surface area (Å²) in [6.45, 7) is 4.59. The van der Waals surface area contributed by atoms with Crippen LogP contribution in [0.15, 0.2) is 35.0 Å². The molecule has 1 atom stereocenters. The molecule has 3 rings (SSSR count). The summed E-state index contributed by atoms with van der Waals surface area (Å²) in [4.78, 5) is 8.42. The van der Waals surface area contributed by atoms with E-state index in [0.29, 0.717) is 18.1 Å². The monoisotopic (exact) mass is 330 g/mol. The van der Waals surface area contributed by atoms with Gasteiger partial charge in [0.2, 0.25) is 0 Å². The van der Waals surface area contributed by atoms with Crippen molar-refractivity contribution in [3.8, 4) is 0 Å². The summed E-state index contributed by atoms with van der Waals surface area (Å²) < 4.78 is 6.01. The Morgan fingerprint density at radius 3 is 2.78 bits per heavy atom. The highest BCUT2D eigenvalue weighted by Crippen LogP contribution is 2.32. The highest BCUT2D eigenvalue weighted by molar-refractivity contribution is 6.30. The van der Waals surface area contributed by atoms with Crippen molar-refractivity contribution in [2.75, 3.05) is 5.32 Å². The molecule has 0 radical (unpaired) electrons. The number of furan rings is 1. The van der Waals surface area contributed by atoms with Gasteiger partial charge in [-0.25, -0.2) is 4.98 Å². The third-order valence-corrected chi connectivity index (χ3v) is 3.87. The van der Waals surface area contributed by atoms with Gasteiger partial charge >= 0.3 is 0 Å². The van der Waals surface area contributed by atoms with Crippen LogP contribution in [0.1, 0.15) is 23.8 Å². The Morgan fingerprint density at radius 2 is 2.09 bits per heavy atom. The molecule has 6 heteroatoms. The number of fused-ring (bicyclic) bond motifs is 1. The average molecular weight is 331 g/mol. The van der Waals surface area contributed by atoms with Gasteiger partial charge in [-0.15, -0.1) is 0 Å². The van der Waals surface area contributed by atoms with Gasteiger partial charge in [0, 0.05) is 43.0 Å². The van der Waals surface area contributed by atoms with Crippen molar-refractivity contribution in [3.63, 3.8) is 0 Å². The number of hydrogen-bond donors (Lipinski definition) is 2. The Balaban J connectivity index is 1.96. The topological polar surface area (TPSA) is 77.0 Å². The number of anilines is 1. The summed E-state index contributed by atoms with van der Waals surface area (Å²) in [5.74, 6) is 0.858. The van der Waals surface area contributed by atoms with E-state index in [1.54, 1.807) is 18.5 Å². The van der Waals surface area contributed by atoms with Crippen LogP contribution < -0.4 is 11.1 Å². The van der Waals surface area contributed by atoms with Gasteiger partial charge in [0.1, 0.15) is 16.4 Å². The second-order valence-corrected chi connectivity index (χ2v) is 6.10. The van der Waals surface area contributed by atoms with Crippen molar-refractivity contribution >= 4 is 28.4 Å². The Morgan fingerprint density at radius 1 is 1.35 bits per heavy atom. The third-order valence-electron chi connectivity index (χ3n) is 3.68.